The number of Topliss-reactive ketones (excluding diaryl/α,β-unsaturated/α-hetero) is 1. The molecule has 0 saturated heterocycles. The second-order valence-electron chi connectivity index (χ2n) is 6.44. The number of fused-ring (bicyclic) bond motifs is 1. The zero-order chi connectivity index (χ0) is 18.1. The number of rotatable bonds is 6. The minimum absolute atomic E-state index is 0.0192. The highest BCUT2D eigenvalue weighted by Crippen LogP contribution is 2.39. The number of hydrogen-bond donors (Lipinski definition) is 0. The van der Waals surface area contributed by atoms with Crippen LogP contribution in [0.4, 0.5) is 0 Å². The lowest BCUT2D eigenvalue weighted by molar-refractivity contribution is -0.117. The normalized spacial score (nSPS) is 11.6. The van der Waals surface area contributed by atoms with Gasteiger partial charge in [0, 0.05) is 34.2 Å². The van der Waals surface area contributed by atoms with Gasteiger partial charge in [-0.25, -0.2) is 4.98 Å². The highest BCUT2D eigenvalue weighted by molar-refractivity contribution is 7.20. The van der Waals surface area contributed by atoms with Crippen molar-refractivity contribution in [2.75, 3.05) is 0 Å². The Balaban J connectivity index is 2.33. The molecule has 0 aliphatic carbocycles. The summed E-state index contributed by atoms with van der Waals surface area (Å²) in [5.41, 5.74) is 1.01. The van der Waals surface area contributed by atoms with Crippen LogP contribution in [0.3, 0.4) is 0 Å². The van der Waals surface area contributed by atoms with E-state index in [0.717, 1.165) is 27.5 Å². The summed E-state index contributed by atoms with van der Waals surface area (Å²) in [5, 5.41) is 2.74. The maximum Gasteiger partial charge on any atom is 0.262 e. The summed E-state index contributed by atoms with van der Waals surface area (Å²) in [6.07, 6.45) is 1.23. The summed E-state index contributed by atoms with van der Waals surface area (Å²) < 4.78 is 1.71. The number of carbonyl (C=O) groups is 1. The molecule has 0 bridgehead atoms. The van der Waals surface area contributed by atoms with Crippen molar-refractivity contribution >= 4 is 38.7 Å². The zero-order valence-corrected chi connectivity index (χ0v) is 16.6. The quantitative estimate of drug-likeness (QED) is 0.620. The Hall–Kier alpha value is -1.79. The van der Waals surface area contributed by atoms with Gasteiger partial charge in [0.15, 0.2) is 0 Å². The third kappa shape index (κ3) is 3.33. The van der Waals surface area contributed by atoms with Gasteiger partial charge in [0.05, 0.1) is 5.39 Å². The number of aromatic nitrogens is 2. The molecule has 0 N–H and O–H groups in total. The Bertz CT molecular complexity index is 966. The fourth-order valence-electron chi connectivity index (χ4n) is 3.00. The summed E-state index contributed by atoms with van der Waals surface area (Å²) in [7, 11) is 0. The first kappa shape index (κ1) is 18.0. The molecule has 132 valence electrons. The molecule has 0 fully saturated rings. The van der Waals surface area contributed by atoms with Crippen molar-refractivity contribution in [3.8, 4) is 10.4 Å². The number of nitrogens with zero attached hydrogens (tertiary/aromatic N) is 2. The molecule has 3 aromatic heterocycles. The predicted octanol–water partition coefficient (Wildman–Crippen LogP) is 4.85. The van der Waals surface area contributed by atoms with Crippen LogP contribution in [0.15, 0.2) is 22.3 Å². The Morgan fingerprint density at radius 3 is 2.68 bits per heavy atom. The number of ketones is 1. The predicted molar refractivity (Wildman–Crippen MR) is 106 cm³/mol. The van der Waals surface area contributed by atoms with E-state index in [4.69, 9.17) is 4.98 Å². The lowest BCUT2D eigenvalue weighted by Crippen LogP contribution is -2.26. The van der Waals surface area contributed by atoms with Crippen LogP contribution in [0.1, 0.15) is 50.7 Å². The molecule has 0 atom stereocenters. The monoisotopic (exact) mass is 374 g/mol. The summed E-state index contributed by atoms with van der Waals surface area (Å²) in [5.74, 6) is 0.974. The van der Waals surface area contributed by atoms with E-state index in [2.05, 4.69) is 13.0 Å². The molecule has 0 unspecified atom stereocenters. The van der Waals surface area contributed by atoms with E-state index in [0.29, 0.717) is 18.4 Å². The zero-order valence-electron chi connectivity index (χ0n) is 15.0. The van der Waals surface area contributed by atoms with E-state index in [1.807, 2.05) is 25.3 Å². The topological polar surface area (TPSA) is 52.0 Å². The van der Waals surface area contributed by atoms with Crippen molar-refractivity contribution in [2.45, 2.75) is 53.0 Å². The average molecular weight is 375 g/mol. The van der Waals surface area contributed by atoms with Gasteiger partial charge in [0.25, 0.3) is 5.56 Å². The molecule has 3 rings (SSSR count). The smallest absolute Gasteiger partial charge is 0.262 e. The van der Waals surface area contributed by atoms with Gasteiger partial charge in [-0.2, -0.15) is 0 Å². The van der Waals surface area contributed by atoms with Crippen LogP contribution in [-0.4, -0.2) is 15.3 Å². The van der Waals surface area contributed by atoms with Crippen molar-refractivity contribution in [1.29, 1.82) is 0 Å². The van der Waals surface area contributed by atoms with Crippen LogP contribution in [0.2, 0.25) is 0 Å². The maximum absolute atomic E-state index is 13.3. The highest BCUT2D eigenvalue weighted by atomic mass is 32.1. The summed E-state index contributed by atoms with van der Waals surface area (Å²) >= 11 is 3.26. The Morgan fingerprint density at radius 1 is 1.36 bits per heavy atom. The molecule has 3 heterocycles. The van der Waals surface area contributed by atoms with Gasteiger partial charge in [0.2, 0.25) is 0 Å². The van der Waals surface area contributed by atoms with Crippen LogP contribution < -0.4 is 5.56 Å². The largest absolute Gasteiger partial charge is 0.300 e. The molecule has 25 heavy (non-hydrogen) atoms. The van der Waals surface area contributed by atoms with E-state index in [9.17, 15) is 9.59 Å². The maximum atomic E-state index is 13.3. The minimum Gasteiger partial charge on any atom is -0.300 e. The Labute approximate surface area is 155 Å². The molecule has 0 spiro atoms. The van der Waals surface area contributed by atoms with E-state index in [-0.39, 0.29) is 17.3 Å². The Morgan fingerprint density at radius 2 is 2.12 bits per heavy atom. The molecule has 0 aliphatic heterocycles. The molecular weight excluding hydrogens is 352 g/mol. The standard InChI is InChI=1S/C19H22N2O2S2/c1-5-13-15(14-7-6-10-24-14)16-18(25-13)20-17(11(2)3)21(19(16)23)9-8-12(4)22/h6-7,10-11H,5,8-9H2,1-4H3. The van der Waals surface area contributed by atoms with Crippen molar-refractivity contribution in [1.82, 2.24) is 9.55 Å². The van der Waals surface area contributed by atoms with E-state index in [1.54, 1.807) is 34.2 Å². The average Bonchev–Trinajstić information content (AvgIpc) is 3.19. The van der Waals surface area contributed by atoms with Crippen LogP contribution in [0, 0.1) is 0 Å². The van der Waals surface area contributed by atoms with Crippen molar-refractivity contribution in [3.63, 3.8) is 0 Å². The van der Waals surface area contributed by atoms with Crippen molar-refractivity contribution in [3.05, 3.63) is 38.6 Å². The van der Waals surface area contributed by atoms with Crippen molar-refractivity contribution in [2.24, 2.45) is 0 Å². The molecular formula is C19H22N2O2S2. The van der Waals surface area contributed by atoms with Crippen LogP contribution in [-0.2, 0) is 17.8 Å². The van der Waals surface area contributed by atoms with E-state index in [1.165, 1.54) is 4.88 Å². The molecule has 0 radical (unpaired) electrons. The number of hydrogen-bond acceptors (Lipinski definition) is 5. The minimum atomic E-state index is -0.0192. The molecule has 0 saturated carbocycles. The summed E-state index contributed by atoms with van der Waals surface area (Å²) in [6, 6.07) is 4.06. The molecule has 3 aromatic rings. The summed E-state index contributed by atoms with van der Waals surface area (Å²) in [6.45, 7) is 8.13. The van der Waals surface area contributed by atoms with Gasteiger partial charge in [-0.05, 0) is 24.8 Å². The lowest BCUT2D eigenvalue weighted by atomic mass is 10.1. The number of carbonyl (C=O) groups excluding carboxylic acids is 1. The first-order valence-corrected chi connectivity index (χ1v) is 10.2. The lowest BCUT2D eigenvalue weighted by Gasteiger charge is -2.14. The van der Waals surface area contributed by atoms with Gasteiger partial charge in [-0.1, -0.05) is 26.8 Å². The Kier molecular flexibility index (Phi) is 5.20. The number of thiophene rings is 2. The van der Waals surface area contributed by atoms with Crippen LogP contribution in [0.25, 0.3) is 20.7 Å². The molecule has 0 amide bonds. The first-order chi connectivity index (χ1) is 11.9. The van der Waals surface area contributed by atoms with E-state index >= 15 is 0 Å². The third-order valence-corrected chi connectivity index (χ3v) is 6.32. The fourth-order valence-corrected chi connectivity index (χ4v) is 4.99. The van der Waals surface area contributed by atoms with Gasteiger partial charge < -0.3 is 0 Å². The SMILES string of the molecule is CCc1sc2nc(C(C)C)n(CCC(C)=O)c(=O)c2c1-c1cccs1. The van der Waals surface area contributed by atoms with Gasteiger partial charge in [-0.15, -0.1) is 22.7 Å². The molecule has 0 aromatic carbocycles. The number of aryl methyl sites for hydroxylation is 1. The second-order valence-corrected chi connectivity index (χ2v) is 8.48. The van der Waals surface area contributed by atoms with Crippen LogP contribution in [0.5, 0.6) is 0 Å². The van der Waals surface area contributed by atoms with Gasteiger partial charge >= 0.3 is 0 Å². The second kappa shape index (κ2) is 7.22. The molecule has 6 heteroatoms. The molecule has 4 nitrogen and oxygen atoms in total. The fraction of sp³-hybridized carbons (Fsp3) is 0.421. The summed E-state index contributed by atoms with van der Waals surface area (Å²) in [4.78, 5) is 32.7. The van der Waals surface area contributed by atoms with Crippen molar-refractivity contribution < 1.29 is 4.79 Å². The third-order valence-electron chi connectivity index (χ3n) is 4.21. The van der Waals surface area contributed by atoms with Gasteiger partial charge in [0.1, 0.15) is 16.4 Å². The highest BCUT2D eigenvalue weighted by Gasteiger charge is 2.22. The van der Waals surface area contributed by atoms with E-state index < -0.39 is 0 Å². The van der Waals surface area contributed by atoms with Crippen LogP contribution >= 0.6 is 22.7 Å². The first-order valence-electron chi connectivity index (χ1n) is 8.53. The van der Waals surface area contributed by atoms with Gasteiger partial charge in [-0.3, -0.25) is 14.2 Å². The molecule has 0 aliphatic rings.